The zero-order valence-electron chi connectivity index (χ0n) is 15.7. The van der Waals surface area contributed by atoms with E-state index in [1.165, 1.54) is 10.4 Å². The van der Waals surface area contributed by atoms with Gasteiger partial charge in [-0.2, -0.15) is 0 Å². The topological polar surface area (TPSA) is 61.7 Å². The number of thiophene rings is 2. The molecule has 0 radical (unpaired) electrons. The Morgan fingerprint density at radius 3 is 2.68 bits per heavy atom. The summed E-state index contributed by atoms with van der Waals surface area (Å²) in [5.41, 5.74) is 1.23. The molecule has 6 nitrogen and oxygen atoms in total. The Bertz CT molecular complexity index is 929. The van der Waals surface area contributed by atoms with Crippen LogP contribution in [0.25, 0.3) is 20.7 Å². The number of nitrogens with zero attached hydrogens (tertiary/aromatic N) is 4. The first kappa shape index (κ1) is 18.4. The molecule has 5 heterocycles. The summed E-state index contributed by atoms with van der Waals surface area (Å²) in [6.45, 7) is 5.85. The third-order valence-electron chi connectivity index (χ3n) is 5.48. The number of aromatic nitrogens is 2. The third kappa shape index (κ3) is 3.67. The van der Waals surface area contributed by atoms with Crippen molar-refractivity contribution in [2.24, 2.45) is 0 Å². The molecule has 0 unspecified atom stereocenters. The molecule has 0 saturated carbocycles. The lowest BCUT2D eigenvalue weighted by Gasteiger charge is -2.32. The molecule has 5 rings (SSSR count). The number of fused-ring (bicyclic) bond motifs is 1. The lowest BCUT2D eigenvalue weighted by atomic mass is 10.1. The normalized spacial score (nSPS) is 19.5. The first-order chi connectivity index (χ1) is 13.8. The van der Waals surface area contributed by atoms with E-state index in [2.05, 4.69) is 32.7 Å². The zero-order valence-corrected chi connectivity index (χ0v) is 17.3. The number of aliphatic hydroxyl groups excluding tert-OH is 1. The van der Waals surface area contributed by atoms with Crippen LogP contribution >= 0.6 is 22.7 Å². The van der Waals surface area contributed by atoms with E-state index >= 15 is 0 Å². The molecule has 0 atom stereocenters. The molecular weight excluding hydrogens is 392 g/mol. The van der Waals surface area contributed by atoms with Gasteiger partial charge in [0.05, 0.1) is 31.2 Å². The average Bonchev–Trinajstić information content (AvgIpc) is 3.38. The molecule has 2 saturated heterocycles. The summed E-state index contributed by atoms with van der Waals surface area (Å²) in [5.74, 6) is 1.92. The Labute approximate surface area is 172 Å². The van der Waals surface area contributed by atoms with Gasteiger partial charge < -0.3 is 14.7 Å². The molecule has 0 amide bonds. The van der Waals surface area contributed by atoms with Crippen molar-refractivity contribution in [1.29, 1.82) is 0 Å². The Kier molecular flexibility index (Phi) is 5.30. The van der Waals surface area contributed by atoms with Crippen LogP contribution in [-0.4, -0.2) is 65.5 Å². The van der Waals surface area contributed by atoms with E-state index in [9.17, 15) is 5.11 Å². The van der Waals surface area contributed by atoms with Crippen LogP contribution in [0.5, 0.6) is 0 Å². The van der Waals surface area contributed by atoms with Crippen molar-refractivity contribution in [3.05, 3.63) is 28.7 Å². The highest BCUT2D eigenvalue weighted by molar-refractivity contribution is 7.18. The van der Waals surface area contributed by atoms with E-state index in [0.717, 1.165) is 80.6 Å². The standard InChI is InChI=1S/C20H24N4O2S2/c25-14-3-5-24(6-4-14)19-18-15(16-2-1-11-27-16)13-28-20(18)22-17(21-19)12-23-7-9-26-10-8-23/h1-2,11,13-14,25H,3-10,12H2. The van der Waals surface area contributed by atoms with Crippen LogP contribution in [0.2, 0.25) is 0 Å². The van der Waals surface area contributed by atoms with Crippen molar-refractivity contribution in [1.82, 2.24) is 14.9 Å². The van der Waals surface area contributed by atoms with Gasteiger partial charge >= 0.3 is 0 Å². The van der Waals surface area contributed by atoms with Crippen LogP contribution in [0.4, 0.5) is 5.82 Å². The van der Waals surface area contributed by atoms with Crippen LogP contribution in [0, 0.1) is 0 Å². The fourth-order valence-electron chi connectivity index (χ4n) is 3.92. The Hall–Kier alpha value is -1.58. The van der Waals surface area contributed by atoms with Gasteiger partial charge in [-0.25, -0.2) is 9.97 Å². The summed E-state index contributed by atoms with van der Waals surface area (Å²) in [6.07, 6.45) is 1.39. The summed E-state index contributed by atoms with van der Waals surface area (Å²) in [6, 6.07) is 4.26. The van der Waals surface area contributed by atoms with Crippen LogP contribution in [0.3, 0.4) is 0 Å². The maximum atomic E-state index is 9.95. The van der Waals surface area contributed by atoms with Crippen LogP contribution in [-0.2, 0) is 11.3 Å². The monoisotopic (exact) mass is 416 g/mol. The number of morpholine rings is 1. The molecule has 0 aliphatic carbocycles. The van der Waals surface area contributed by atoms with E-state index in [1.807, 2.05) is 0 Å². The second-order valence-electron chi connectivity index (χ2n) is 7.38. The van der Waals surface area contributed by atoms with Gasteiger partial charge in [0.25, 0.3) is 0 Å². The molecule has 2 aliphatic heterocycles. The lowest BCUT2D eigenvalue weighted by Crippen LogP contribution is -2.38. The quantitative estimate of drug-likeness (QED) is 0.705. The summed E-state index contributed by atoms with van der Waals surface area (Å²) >= 11 is 3.46. The van der Waals surface area contributed by atoms with Crippen LogP contribution < -0.4 is 4.90 Å². The Morgan fingerprint density at radius 2 is 1.93 bits per heavy atom. The average molecular weight is 417 g/mol. The second-order valence-corrected chi connectivity index (χ2v) is 9.18. The van der Waals surface area contributed by atoms with E-state index < -0.39 is 0 Å². The maximum absolute atomic E-state index is 9.95. The summed E-state index contributed by atoms with van der Waals surface area (Å²) in [5, 5.41) is 15.4. The Balaban J connectivity index is 1.56. The smallest absolute Gasteiger partial charge is 0.146 e. The lowest BCUT2D eigenvalue weighted by molar-refractivity contribution is 0.0331. The fourth-order valence-corrected chi connectivity index (χ4v) is 5.69. The van der Waals surface area contributed by atoms with Crippen LogP contribution in [0.15, 0.2) is 22.9 Å². The van der Waals surface area contributed by atoms with Crippen molar-refractivity contribution in [3.63, 3.8) is 0 Å². The minimum Gasteiger partial charge on any atom is -0.393 e. The number of rotatable bonds is 4. The fraction of sp³-hybridized carbons (Fsp3) is 0.500. The second kappa shape index (κ2) is 8.04. The summed E-state index contributed by atoms with van der Waals surface area (Å²) < 4.78 is 5.47. The number of ether oxygens (including phenoxy) is 1. The molecule has 2 aliphatic rings. The molecule has 3 aromatic heterocycles. The summed E-state index contributed by atoms with van der Waals surface area (Å²) in [4.78, 5) is 17.0. The SMILES string of the molecule is OC1CCN(c2nc(CN3CCOCC3)nc3scc(-c4cccs4)c23)CC1. The molecular formula is C20H24N4O2S2. The first-order valence-corrected chi connectivity index (χ1v) is 11.6. The molecule has 8 heteroatoms. The molecule has 0 spiro atoms. The molecule has 0 bridgehead atoms. The maximum Gasteiger partial charge on any atom is 0.146 e. The highest BCUT2D eigenvalue weighted by Crippen LogP contribution is 2.40. The highest BCUT2D eigenvalue weighted by Gasteiger charge is 2.24. The van der Waals surface area contributed by atoms with Gasteiger partial charge in [-0.1, -0.05) is 6.07 Å². The Morgan fingerprint density at radius 1 is 1.11 bits per heavy atom. The van der Waals surface area contributed by atoms with E-state index in [0.29, 0.717) is 0 Å². The van der Waals surface area contributed by atoms with Gasteiger partial charge in [0.2, 0.25) is 0 Å². The number of hydrogen-bond acceptors (Lipinski definition) is 8. The van der Waals surface area contributed by atoms with Gasteiger partial charge in [-0.15, -0.1) is 22.7 Å². The predicted octanol–water partition coefficient (Wildman–Crippen LogP) is 3.21. The van der Waals surface area contributed by atoms with Gasteiger partial charge in [0, 0.05) is 42.0 Å². The zero-order chi connectivity index (χ0) is 18.9. The van der Waals surface area contributed by atoms with Crippen molar-refractivity contribution in [2.75, 3.05) is 44.3 Å². The van der Waals surface area contributed by atoms with Gasteiger partial charge in [0.1, 0.15) is 16.5 Å². The number of anilines is 1. The van der Waals surface area contributed by atoms with E-state index in [-0.39, 0.29) is 6.10 Å². The molecule has 148 valence electrons. The number of hydrogen-bond donors (Lipinski definition) is 1. The predicted molar refractivity (Wildman–Crippen MR) is 114 cm³/mol. The van der Waals surface area contributed by atoms with E-state index in [4.69, 9.17) is 14.7 Å². The van der Waals surface area contributed by atoms with Crippen LogP contribution in [0.1, 0.15) is 18.7 Å². The molecule has 3 aromatic rings. The van der Waals surface area contributed by atoms with Gasteiger partial charge in [-0.05, 0) is 24.3 Å². The molecule has 0 aromatic carbocycles. The minimum absolute atomic E-state index is 0.194. The van der Waals surface area contributed by atoms with Crippen molar-refractivity contribution in [3.8, 4) is 10.4 Å². The van der Waals surface area contributed by atoms with Gasteiger partial charge in [-0.3, -0.25) is 4.90 Å². The molecule has 1 N–H and O–H groups in total. The number of piperidine rings is 1. The highest BCUT2D eigenvalue weighted by atomic mass is 32.1. The summed E-state index contributed by atoms with van der Waals surface area (Å²) in [7, 11) is 0. The largest absolute Gasteiger partial charge is 0.393 e. The first-order valence-electron chi connectivity index (χ1n) is 9.83. The molecule has 2 fully saturated rings. The van der Waals surface area contributed by atoms with Crippen molar-refractivity contribution < 1.29 is 9.84 Å². The van der Waals surface area contributed by atoms with Crippen molar-refractivity contribution in [2.45, 2.75) is 25.5 Å². The minimum atomic E-state index is -0.194. The van der Waals surface area contributed by atoms with Crippen molar-refractivity contribution >= 4 is 38.7 Å². The molecule has 28 heavy (non-hydrogen) atoms. The third-order valence-corrected chi connectivity index (χ3v) is 7.26. The number of aliphatic hydroxyl groups is 1. The van der Waals surface area contributed by atoms with E-state index in [1.54, 1.807) is 22.7 Å². The van der Waals surface area contributed by atoms with Gasteiger partial charge in [0.15, 0.2) is 0 Å².